The SMILES string of the molecule is COc1cc(C=C(C#N)C(=O)Nc2nc(S(C)(=O)=O)ns2)ccc1OCCCOc1ccc(C)cc1C. The van der Waals surface area contributed by atoms with Gasteiger partial charge in [0, 0.05) is 24.2 Å². The van der Waals surface area contributed by atoms with Gasteiger partial charge in [-0.1, -0.05) is 23.8 Å². The van der Waals surface area contributed by atoms with Crippen LogP contribution in [-0.2, 0) is 14.6 Å². The van der Waals surface area contributed by atoms with Crippen molar-refractivity contribution in [2.45, 2.75) is 25.4 Å². The molecule has 3 rings (SSSR count). The van der Waals surface area contributed by atoms with Crippen molar-refractivity contribution in [2.75, 3.05) is 31.9 Å². The average Bonchev–Trinajstić information content (AvgIpc) is 3.33. The van der Waals surface area contributed by atoms with Crippen LogP contribution in [0.15, 0.2) is 47.1 Å². The van der Waals surface area contributed by atoms with E-state index in [1.54, 1.807) is 18.2 Å². The van der Waals surface area contributed by atoms with Crippen molar-refractivity contribution in [2.24, 2.45) is 0 Å². The first kappa shape index (κ1) is 27.6. The van der Waals surface area contributed by atoms with Gasteiger partial charge in [0.1, 0.15) is 17.4 Å². The fraction of sp³-hybridized carbons (Fsp3) is 0.280. The highest BCUT2D eigenvalue weighted by Gasteiger charge is 2.17. The Balaban J connectivity index is 1.59. The van der Waals surface area contributed by atoms with Crippen LogP contribution in [0.4, 0.5) is 5.13 Å². The molecule has 0 aliphatic rings. The molecule has 2 aromatic carbocycles. The zero-order valence-corrected chi connectivity index (χ0v) is 22.4. The maximum Gasteiger partial charge on any atom is 0.268 e. The van der Waals surface area contributed by atoms with Gasteiger partial charge in [-0.2, -0.15) is 14.6 Å². The first-order valence-corrected chi connectivity index (χ1v) is 13.7. The highest BCUT2D eigenvalue weighted by Crippen LogP contribution is 2.29. The van der Waals surface area contributed by atoms with Crippen LogP contribution in [0.25, 0.3) is 6.08 Å². The molecule has 0 spiro atoms. The minimum Gasteiger partial charge on any atom is -0.493 e. The molecule has 0 aliphatic heterocycles. The molecule has 0 radical (unpaired) electrons. The van der Waals surface area contributed by atoms with E-state index in [2.05, 4.69) is 20.7 Å². The minimum absolute atomic E-state index is 0.0329. The molecule has 194 valence electrons. The van der Waals surface area contributed by atoms with E-state index in [0.29, 0.717) is 48.2 Å². The summed E-state index contributed by atoms with van der Waals surface area (Å²) in [6.07, 6.45) is 2.99. The van der Waals surface area contributed by atoms with Crippen molar-refractivity contribution >= 4 is 38.5 Å². The first-order chi connectivity index (χ1) is 17.6. The maximum absolute atomic E-state index is 12.5. The number of nitriles is 1. The summed E-state index contributed by atoms with van der Waals surface area (Å²) in [6, 6.07) is 12.9. The summed E-state index contributed by atoms with van der Waals surface area (Å²) in [6.45, 7) is 4.94. The van der Waals surface area contributed by atoms with Gasteiger partial charge in [0.2, 0.25) is 15.0 Å². The largest absolute Gasteiger partial charge is 0.493 e. The Morgan fingerprint density at radius 2 is 1.81 bits per heavy atom. The second kappa shape index (κ2) is 12.3. The van der Waals surface area contributed by atoms with Gasteiger partial charge in [-0.25, -0.2) is 8.42 Å². The number of anilines is 1. The fourth-order valence-electron chi connectivity index (χ4n) is 3.17. The van der Waals surface area contributed by atoms with E-state index >= 15 is 0 Å². The molecule has 0 bridgehead atoms. The molecule has 0 saturated carbocycles. The molecule has 3 aromatic rings. The summed E-state index contributed by atoms with van der Waals surface area (Å²) in [5.74, 6) is 1.04. The number of hydrogen-bond donors (Lipinski definition) is 1. The Labute approximate surface area is 219 Å². The average molecular weight is 543 g/mol. The quantitative estimate of drug-likeness (QED) is 0.216. The van der Waals surface area contributed by atoms with Crippen LogP contribution in [-0.4, -0.2) is 50.3 Å². The number of carbonyl (C=O) groups excluding carboxylic acids is 1. The molecule has 10 nitrogen and oxygen atoms in total. The summed E-state index contributed by atoms with van der Waals surface area (Å²) >= 11 is 0.703. The lowest BCUT2D eigenvalue weighted by atomic mass is 10.1. The maximum atomic E-state index is 12.5. The predicted molar refractivity (Wildman–Crippen MR) is 140 cm³/mol. The van der Waals surface area contributed by atoms with Crippen molar-refractivity contribution in [1.82, 2.24) is 9.36 Å². The van der Waals surface area contributed by atoms with Gasteiger partial charge in [-0.15, -0.1) is 0 Å². The molecule has 0 atom stereocenters. The lowest BCUT2D eigenvalue weighted by Gasteiger charge is -2.13. The Bertz CT molecular complexity index is 1460. The molecule has 0 aliphatic carbocycles. The second-order valence-corrected chi connectivity index (χ2v) is 10.7. The third-order valence-corrected chi connectivity index (χ3v) is 6.55. The number of aryl methyl sites for hydroxylation is 2. The van der Waals surface area contributed by atoms with Crippen molar-refractivity contribution in [3.05, 3.63) is 58.7 Å². The van der Waals surface area contributed by atoms with Gasteiger partial charge in [0.15, 0.2) is 11.5 Å². The first-order valence-electron chi connectivity index (χ1n) is 11.1. The zero-order valence-electron chi connectivity index (χ0n) is 20.8. The molecule has 1 N–H and O–H groups in total. The number of nitrogens with zero attached hydrogens (tertiary/aromatic N) is 3. The van der Waals surface area contributed by atoms with Gasteiger partial charge < -0.3 is 14.2 Å². The summed E-state index contributed by atoms with van der Waals surface area (Å²) in [4.78, 5) is 16.2. The molecular weight excluding hydrogens is 516 g/mol. The monoisotopic (exact) mass is 542 g/mol. The topological polar surface area (TPSA) is 140 Å². The number of benzene rings is 2. The van der Waals surface area contributed by atoms with Gasteiger partial charge in [-0.05, 0) is 49.2 Å². The van der Waals surface area contributed by atoms with E-state index in [9.17, 15) is 18.5 Å². The molecule has 12 heteroatoms. The van der Waals surface area contributed by atoms with E-state index in [1.807, 2.05) is 32.0 Å². The highest BCUT2D eigenvalue weighted by atomic mass is 32.2. The van der Waals surface area contributed by atoms with Gasteiger partial charge in [0.05, 0.1) is 20.3 Å². The van der Waals surface area contributed by atoms with E-state index < -0.39 is 20.9 Å². The van der Waals surface area contributed by atoms with Gasteiger partial charge >= 0.3 is 0 Å². The summed E-state index contributed by atoms with van der Waals surface area (Å²) in [5.41, 5.74) is 2.58. The number of sulfone groups is 1. The molecule has 0 saturated heterocycles. The second-order valence-electron chi connectivity index (χ2n) is 8.01. The van der Waals surface area contributed by atoms with Crippen LogP contribution in [0.5, 0.6) is 17.2 Å². The Morgan fingerprint density at radius 3 is 2.43 bits per heavy atom. The van der Waals surface area contributed by atoms with Gasteiger partial charge in [-0.3, -0.25) is 10.1 Å². The highest BCUT2D eigenvalue weighted by molar-refractivity contribution is 7.90. The number of amides is 1. The molecule has 37 heavy (non-hydrogen) atoms. The number of methoxy groups -OCH3 is 1. The smallest absolute Gasteiger partial charge is 0.268 e. The molecule has 0 fully saturated rings. The van der Waals surface area contributed by atoms with Crippen LogP contribution >= 0.6 is 11.5 Å². The number of carbonyl (C=O) groups is 1. The Morgan fingerprint density at radius 1 is 1.11 bits per heavy atom. The van der Waals surface area contributed by atoms with Crippen molar-refractivity contribution < 1.29 is 27.4 Å². The zero-order chi connectivity index (χ0) is 27.0. The van der Waals surface area contributed by atoms with Crippen LogP contribution in [0, 0.1) is 25.2 Å². The van der Waals surface area contributed by atoms with E-state index in [1.165, 1.54) is 18.7 Å². The van der Waals surface area contributed by atoms with Gasteiger partial charge in [0.25, 0.3) is 11.1 Å². The molecule has 1 amide bonds. The fourth-order valence-corrected chi connectivity index (χ4v) is 4.61. The van der Waals surface area contributed by atoms with Crippen LogP contribution in [0.2, 0.25) is 0 Å². The molecule has 1 aromatic heterocycles. The predicted octanol–water partition coefficient (Wildman–Crippen LogP) is 3.96. The number of ether oxygens (including phenoxy) is 3. The Kier molecular flexibility index (Phi) is 9.21. The van der Waals surface area contributed by atoms with E-state index in [-0.39, 0.29) is 10.7 Å². The number of aromatic nitrogens is 2. The lowest BCUT2D eigenvalue weighted by Crippen LogP contribution is -2.13. The van der Waals surface area contributed by atoms with Crippen molar-refractivity contribution in [1.29, 1.82) is 5.26 Å². The third-order valence-electron chi connectivity index (χ3n) is 4.96. The number of hydrogen-bond acceptors (Lipinski definition) is 10. The van der Waals surface area contributed by atoms with Crippen molar-refractivity contribution in [3.63, 3.8) is 0 Å². The molecule has 1 heterocycles. The minimum atomic E-state index is -3.61. The van der Waals surface area contributed by atoms with E-state index in [0.717, 1.165) is 17.6 Å². The van der Waals surface area contributed by atoms with E-state index in [4.69, 9.17) is 14.2 Å². The number of rotatable bonds is 11. The summed E-state index contributed by atoms with van der Waals surface area (Å²) in [5, 5.41) is 11.4. The number of nitrogens with one attached hydrogen (secondary N) is 1. The molecule has 0 unspecified atom stereocenters. The lowest BCUT2D eigenvalue weighted by molar-refractivity contribution is -0.112. The molecular formula is C25H26N4O6S2. The van der Waals surface area contributed by atoms with Crippen LogP contribution in [0.3, 0.4) is 0 Å². The normalized spacial score (nSPS) is 11.5. The summed E-state index contributed by atoms with van der Waals surface area (Å²) in [7, 11) is -2.11. The van der Waals surface area contributed by atoms with Crippen LogP contribution < -0.4 is 19.5 Å². The third kappa shape index (κ3) is 7.77. The van der Waals surface area contributed by atoms with Crippen LogP contribution in [0.1, 0.15) is 23.1 Å². The summed E-state index contributed by atoms with van der Waals surface area (Å²) < 4.78 is 43.8. The standard InChI is InChI=1S/C25H26N4O6S2/c1-16-6-8-20(17(2)12-16)34-10-5-11-35-21-9-7-18(14-22(21)33-3)13-19(15-26)23(30)27-24-28-25(29-36-24)37(4,31)32/h6-9,12-14H,5,10-11H2,1-4H3,(H,27,28,29,30). The van der Waals surface area contributed by atoms with Crippen molar-refractivity contribution in [3.8, 4) is 23.3 Å². The Hall–Kier alpha value is -3.95.